The Hall–Kier alpha value is -2.07. The predicted octanol–water partition coefficient (Wildman–Crippen LogP) is 2.95. The van der Waals surface area contributed by atoms with Gasteiger partial charge in [-0.3, -0.25) is 9.69 Å². The van der Waals surface area contributed by atoms with E-state index < -0.39 is 0 Å². The number of nitrogens with one attached hydrogen (secondary N) is 1. The van der Waals surface area contributed by atoms with E-state index in [-0.39, 0.29) is 17.1 Å². The lowest BCUT2D eigenvalue weighted by Crippen LogP contribution is -2.47. The van der Waals surface area contributed by atoms with Crippen molar-refractivity contribution in [2.45, 2.75) is 37.6 Å². The Kier molecular flexibility index (Phi) is 2.82. The summed E-state index contributed by atoms with van der Waals surface area (Å²) < 4.78 is 0. The molecule has 0 amide bonds. The molecule has 3 atom stereocenters. The van der Waals surface area contributed by atoms with Crippen LogP contribution < -0.4 is 5.32 Å². The van der Waals surface area contributed by atoms with Gasteiger partial charge in [0.25, 0.3) is 0 Å². The Balaban J connectivity index is 1.83. The number of nitrogens with zero attached hydrogens (tertiary/aromatic N) is 1. The summed E-state index contributed by atoms with van der Waals surface area (Å²) in [5.41, 5.74) is 5.17. The van der Waals surface area contributed by atoms with Gasteiger partial charge in [0.1, 0.15) is 12.0 Å². The number of aromatic hydroxyl groups is 1. The van der Waals surface area contributed by atoms with Crippen LogP contribution in [0.1, 0.15) is 31.7 Å². The van der Waals surface area contributed by atoms with Crippen LogP contribution in [0.25, 0.3) is 0 Å². The molecule has 2 bridgehead atoms. The molecule has 0 radical (unpaired) electrons. The van der Waals surface area contributed by atoms with Gasteiger partial charge in [0.15, 0.2) is 0 Å². The molecule has 2 saturated heterocycles. The minimum Gasteiger partial charge on any atom is -0.506 e. The molecule has 0 saturated carbocycles. The SMILES string of the molecule is CC=C1CCN2CC[C@]34C(=C(C=O)[C@H]1C[C@H]23)Nc1c(O)cccc14. The molecule has 4 heteroatoms. The average molecular weight is 322 g/mol. The summed E-state index contributed by atoms with van der Waals surface area (Å²) in [6.07, 6.45) is 6.33. The van der Waals surface area contributed by atoms with Gasteiger partial charge in [0.2, 0.25) is 0 Å². The van der Waals surface area contributed by atoms with Gasteiger partial charge in [-0.15, -0.1) is 0 Å². The van der Waals surface area contributed by atoms with Gasteiger partial charge in [0, 0.05) is 29.8 Å². The van der Waals surface area contributed by atoms with E-state index in [2.05, 4.69) is 29.3 Å². The van der Waals surface area contributed by atoms with Crippen molar-refractivity contribution in [1.29, 1.82) is 0 Å². The molecule has 0 aromatic heterocycles. The monoisotopic (exact) mass is 322 g/mol. The highest BCUT2D eigenvalue weighted by molar-refractivity contribution is 5.86. The van der Waals surface area contributed by atoms with Crippen molar-refractivity contribution in [2.24, 2.45) is 5.92 Å². The average Bonchev–Trinajstić information content (AvgIpc) is 3.08. The molecule has 24 heavy (non-hydrogen) atoms. The summed E-state index contributed by atoms with van der Waals surface area (Å²) in [5.74, 6) is 0.499. The molecule has 4 aliphatic rings. The number of hydrogen-bond donors (Lipinski definition) is 2. The zero-order chi connectivity index (χ0) is 16.5. The van der Waals surface area contributed by atoms with Gasteiger partial charge in [0.05, 0.1) is 11.1 Å². The Morgan fingerprint density at radius 1 is 1.38 bits per heavy atom. The number of fused-ring (bicyclic) bond motifs is 2. The van der Waals surface area contributed by atoms with E-state index in [1.807, 2.05) is 6.07 Å². The lowest BCUT2D eigenvalue weighted by Gasteiger charge is -2.42. The predicted molar refractivity (Wildman–Crippen MR) is 93.0 cm³/mol. The fraction of sp³-hybridized carbons (Fsp3) is 0.450. The molecular weight excluding hydrogens is 300 g/mol. The zero-order valence-corrected chi connectivity index (χ0v) is 13.9. The van der Waals surface area contributed by atoms with Crippen molar-refractivity contribution in [3.63, 3.8) is 0 Å². The Morgan fingerprint density at radius 2 is 2.25 bits per heavy atom. The number of hydrogen-bond acceptors (Lipinski definition) is 4. The van der Waals surface area contributed by atoms with Crippen molar-refractivity contribution < 1.29 is 9.90 Å². The minimum absolute atomic E-state index is 0.149. The number of para-hydroxylation sites is 1. The summed E-state index contributed by atoms with van der Waals surface area (Å²) >= 11 is 0. The molecule has 2 fully saturated rings. The molecule has 5 rings (SSSR count). The Labute approximate surface area is 141 Å². The zero-order valence-electron chi connectivity index (χ0n) is 13.9. The molecule has 4 nitrogen and oxygen atoms in total. The van der Waals surface area contributed by atoms with Gasteiger partial charge in [-0.25, -0.2) is 0 Å². The van der Waals surface area contributed by atoms with Crippen molar-refractivity contribution in [2.75, 3.05) is 18.4 Å². The second-order valence-electron chi connectivity index (χ2n) is 7.45. The van der Waals surface area contributed by atoms with Gasteiger partial charge in [-0.1, -0.05) is 23.8 Å². The lowest BCUT2D eigenvalue weighted by molar-refractivity contribution is -0.105. The number of carbonyl (C=O) groups excluding carboxylic acids is 1. The van der Waals surface area contributed by atoms with Crippen molar-refractivity contribution in [1.82, 2.24) is 4.90 Å². The lowest BCUT2D eigenvalue weighted by atomic mass is 9.63. The van der Waals surface area contributed by atoms with Crippen LogP contribution in [0.15, 0.2) is 41.1 Å². The van der Waals surface area contributed by atoms with Crippen molar-refractivity contribution >= 4 is 12.0 Å². The second-order valence-corrected chi connectivity index (χ2v) is 7.45. The standard InChI is InChI=1S/C20H22N2O2/c1-2-12-6-8-22-9-7-20-15-4-3-5-16(24)18(15)21-19(20)14(11-23)13(12)10-17(20)22/h2-5,11,13,17,21,24H,6-10H2,1H3/t13-,17-,20+/m0/s1. The number of phenols is 1. The molecule has 0 unspecified atom stereocenters. The third kappa shape index (κ3) is 1.50. The smallest absolute Gasteiger partial charge is 0.148 e. The summed E-state index contributed by atoms with van der Waals surface area (Å²) in [5, 5.41) is 13.8. The van der Waals surface area contributed by atoms with E-state index in [0.717, 1.165) is 55.6 Å². The van der Waals surface area contributed by atoms with E-state index in [9.17, 15) is 9.90 Å². The van der Waals surface area contributed by atoms with Crippen LogP contribution in [0, 0.1) is 5.92 Å². The number of anilines is 1. The maximum atomic E-state index is 12.1. The van der Waals surface area contributed by atoms with Crippen LogP contribution in [0.3, 0.4) is 0 Å². The van der Waals surface area contributed by atoms with Crippen LogP contribution in [0.4, 0.5) is 5.69 Å². The van der Waals surface area contributed by atoms with E-state index in [0.29, 0.717) is 6.04 Å². The molecule has 3 heterocycles. The van der Waals surface area contributed by atoms with E-state index in [1.165, 1.54) is 11.1 Å². The van der Waals surface area contributed by atoms with Crippen LogP contribution >= 0.6 is 0 Å². The van der Waals surface area contributed by atoms with Crippen LogP contribution in [0.5, 0.6) is 5.75 Å². The molecule has 3 aliphatic heterocycles. The summed E-state index contributed by atoms with van der Waals surface area (Å²) in [7, 11) is 0. The summed E-state index contributed by atoms with van der Waals surface area (Å²) in [6.45, 7) is 4.21. The quantitative estimate of drug-likeness (QED) is 0.474. The molecular formula is C20H22N2O2. The van der Waals surface area contributed by atoms with Gasteiger partial charge in [-0.05, 0) is 44.4 Å². The second kappa shape index (κ2) is 4.73. The molecule has 124 valence electrons. The number of benzene rings is 1. The number of allylic oxidation sites excluding steroid dienone is 2. The third-order valence-electron chi connectivity index (χ3n) is 6.78. The highest BCUT2D eigenvalue weighted by Crippen LogP contribution is 2.61. The molecule has 1 aromatic rings. The van der Waals surface area contributed by atoms with Gasteiger partial charge in [-0.2, -0.15) is 0 Å². The summed E-state index contributed by atoms with van der Waals surface area (Å²) in [6, 6.07) is 6.19. The highest BCUT2D eigenvalue weighted by atomic mass is 16.3. The first-order valence-corrected chi connectivity index (χ1v) is 8.89. The number of rotatable bonds is 1. The van der Waals surface area contributed by atoms with Gasteiger partial charge < -0.3 is 10.4 Å². The first-order chi connectivity index (χ1) is 11.7. The number of aldehydes is 1. The van der Waals surface area contributed by atoms with E-state index in [4.69, 9.17) is 0 Å². The first kappa shape index (κ1) is 14.3. The third-order valence-corrected chi connectivity index (χ3v) is 6.78. The Bertz CT molecular complexity index is 810. The molecule has 1 aromatic carbocycles. The number of phenolic OH excluding ortho intramolecular Hbond substituents is 1. The topological polar surface area (TPSA) is 52.6 Å². The maximum absolute atomic E-state index is 12.1. The van der Waals surface area contributed by atoms with E-state index in [1.54, 1.807) is 6.07 Å². The maximum Gasteiger partial charge on any atom is 0.148 e. The van der Waals surface area contributed by atoms with E-state index >= 15 is 0 Å². The van der Waals surface area contributed by atoms with Crippen molar-refractivity contribution in [3.8, 4) is 5.75 Å². The molecule has 1 spiro atoms. The minimum atomic E-state index is -0.149. The summed E-state index contributed by atoms with van der Waals surface area (Å²) in [4.78, 5) is 14.7. The van der Waals surface area contributed by atoms with Crippen LogP contribution in [-0.4, -0.2) is 35.4 Å². The number of carbonyl (C=O) groups is 1. The Morgan fingerprint density at radius 3 is 3.04 bits per heavy atom. The molecule has 2 N–H and O–H groups in total. The fourth-order valence-corrected chi connectivity index (χ4v) is 5.73. The highest BCUT2D eigenvalue weighted by Gasteiger charge is 2.60. The van der Waals surface area contributed by atoms with Crippen LogP contribution in [0.2, 0.25) is 0 Å². The fourth-order valence-electron chi connectivity index (χ4n) is 5.73. The normalized spacial score (nSPS) is 35.5. The molecule has 1 aliphatic carbocycles. The van der Waals surface area contributed by atoms with Gasteiger partial charge >= 0.3 is 0 Å². The largest absolute Gasteiger partial charge is 0.506 e. The van der Waals surface area contributed by atoms with Crippen molar-refractivity contribution in [3.05, 3.63) is 46.7 Å². The first-order valence-electron chi connectivity index (χ1n) is 8.89. The van der Waals surface area contributed by atoms with Crippen LogP contribution in [-0.2, 0) is 10.2 Å².